The standard InChI is InChI=1S/C32H37N5O4/c1-19(2)25-16-23(21-9-6-11-24(15-21)41-5)17-26(20(3)4)29(25)35-32(40)37(14-8-12-28(33)38)27-18-22-10-7-13-34-30(22)36-31(27)39/h6-7,9-11,13,15-20H,8,12,14H2,1-5H3,(H2,33,38)(H,35,40)(H,34,36,39). The van der Waals surface area contributed by atoms with E-state index in [-0.39, 0.29) is 30.5 Å². The maximum atomic E-state index is 14.0. The maximum absolute atomic E-state index is 14.0. The van der Waals surface area contributed by atoms with Crippen LogP contribution in [0.3, 0.4) is 0 Å². The van der Waals surface area contributed by atoms with Gasteiger partial charge < -0.3 is 20.8 Å². The first-order valence-corrected chi connectivity index (χ1v) is 13.8. The predicted molar refractivity (Wildman–Crippen MR) is 164 cm³/mol. The Hall–Kier alpha value is -4.66. The number of primary amides is 1. The number of methoxy groups -OCH3 is 1. The minimum atomic E-state index is -0.473. The summed E-state index contributed by atoms with van der Waals surface area (Å²) in [5.41, 5.74) is 10.2. The summed E-state index contributed by atoms with van der Waals surface area (Å²) in [5.74, 6) is 0.470. The summed E-state index contributed by atoms with van der Waals surface area (Å²) in [6, 6.07) is 16.8. The fourth-order valence-corrected chi connectivity index (χ4v) is 4.85. The number of fused-ring (bicyclic) bond motifs is 1. The number of benzene rings is 2. The lowest BCUT2D eigenvalue weighted by molar-refractivity contribution is -0.118. The highest BCUT2D eigenvalue weighted by Crippen LogP contribution is 2.38. The third kappa shape index (κ3) is 6.74. The van der Waals surface area contributed by atoms with Crippen LogP contribution in [0.5, 0.6) is 5.75 Å². The van der Waals surface area contributed by atoms with E-state index in [4.69, 9.17) is 10.5 Å². The van der Waals surface area contributed by atoms with Gasteiger partial charge in [0.15, 0.2) is 0 Å². The highest BCUT2D eigenvalue weighted by Gasteiger charge is 2.24. The lowest BCUT2D eigenvalue weighted by atomic mass is 9.88. The van der Waals surface area contributed by atoms with Crippen molar-refractivity contribution < 1.29 is 14.3 Å². The smallest absolute Gasteiger partial charge is 0.326 e. The Labute approximate surface area is 239 Å². The molecule has 0 aliphatic carbocycles. The molecule has 9 nitrogen and oxygen atoms in total. The van der Waals surface area contributed by atoms with Crippen LogP contribution in [0.15, 0.2) is 65.6 Å². The number of hydrogen-bond acceptors (Lipinski definition) is 5. The van der Waals surface area contributed by atoms with Crippen LogP contribution in [0.4, 0.5) is 16.2 Å². The fraction of sp³-hybridized carbons (Fsp3) is 0.312. The van der Waals surface area contributed by atoms with Gasteiger partial charge in [0, 0.05) is 30.2 Å². The number of aromatic amines is 1. The quantitative estimate of drug-likeness (QED) is 0.216. The first-order chi connectivity index (χ1) is 19.6. The van der Waals surface area contributed by atoms with E-state index in [2.05, 4.69) is 55.1 Å². The number of H-pyrrole nitrogens is 1. The Kier molecular flexibility index (Phi) is 9.07. The zero-order valence-corrected chi connectivity index (χ0v) is 24.2. The summed E-state index contributed by atoms with van der Waals surface area (Å²) in [6.45, 7) is 8.44. The summed E-state index contributed by atoms with van der Waals surface area (Å²) < 4.78 is 5.44. The fourth-order valence-electron chi connectivity index (χ4n) is 4.85. The molecule has 2 aromatic heterocycles. The average molecular weight is 556 g/mol. The molecule has 4 rings (SSSR count). The van der Waals surface area contributed by atoms with Crippen molar-refractivity contribution in [2.75, 3.05) is 23.9 Å². The van der Waals surface area contributed by atoms with Gasteiger partial charge in [0.2, 0.25) is 5.91 Å². The summed E-state index contributed by atoms with van der Waals surface area (Å²) in [6.07, 6.45) is 1.97. The van der Waals surface area contributed by atoms with Crippen molar-refractivity contribution in [3.8, 4) is 16.9 Å². The molecule has 0 bridgehead atoms. The van der Waals surface area contributed by atoms with Crippen LogP contribution >= 0.6 is 0 Å². The van der Waals surface area contributed by atoms with Crippen LogP contribution in [0.1, 0.15) is 63.5 Å². The summed E-state index contributed by atoms with van der Waals surface area (Å²) >= 11 is 0. The van der Waals surface area contributed by atoms with Gasteiger partial charge in [-0.3, -0.25) is 14.5 Å². The molecule has 214 valence electrons. The van der Waals surface area contributed by atoms with Gasteiger partial charge in [-0.1, -0.05) is 39.8 Å². The number of carbonyl (C=O) groups is 2. The zero-order valence-electron chi connectivity index (χ0n) is 24.2. The van der Waals surface area contributed by atoms with E-state index in [1.165, 1.54) is 4.90 Å². The lowest BCUT2D eigenvalue weighted by Crippen LogP contribution is -2.40. The van der Waals surface area contributed by atoms with E-state index in [1.807, 2.05) is 30.3 Å². The largest absolute Gasteiger partial charge is 0.497 e. The Balaban J connectivity index is 1.79. The molecule has 0 aliphatic heterocycles. The van der Waals surface area contributed by atoms with Crippen molar-refractivity contribution in [3.05, 3.63) is 82.3 Å². The highest BCUT2D eigenvalue weighted by atomic mass is 16.5. The number of pyridine rings is 2. The zero-order chi connectivity index (χ0) is 29.7. The number of anilines is 2. The number of amides is 3. The first-order valence-electron chi connectivity index (χ1n) is 13.8. The van der Waals surface area contributed by atoms with Crippen molar-refractivity contribution in [1.29, 1.82) is 0 Å². The lowest BCUT2D eigenvalue weighted by Gasteiger charge is -2.27. The molecule has 4 N–H and O–H groups in total. The van der Waals surface area contributed by atoms with E-state index >= 15 is 0 Å². The Bertz CT molecular complexity index is 1600. The molecule has 3 amide bonds. The van der Waals surface area contributed by atoms with Crippen LogP contribution in [0, 0.1) is 0 Å². The minimum absolute atomic E-state index is 0.0839. The van der Waals surface area contributed by atoms with Gasteiger partial charge in [-0.15, -0.1) is 0 Å². The van der Waals surface area contributed by atoms with Gasteiger partial charge in [0.05, 0.1) is 7.11 Å². The minimum Gasteiger partial charge on any atom is -0.497 e. The van der Waals surface area contributed by atoms with Crippen LogP contribution in [0.2, 0.25) is 0 Å². The van der Waals surface area contributed by atoms with Crippen LogP contribution in [-0.2, 0) is 4.79 Å². The van der Waals surface area contributed by atoms with Crippen molar-refractivity contribution in [2.24, 2.45) is 5.73 Å². The molecule has 0 fully saturated rings. The van der Waals surface area contributed by atoms with Crippen LogP contribution in [0.25, 0.3) is 22.2 Å². The number of carbonyl (C=O) groups excluding carboxylic acids is 2. The van der Waals surface area contributed by atoms with E-state index in [1.54, 1.807) is 25.4 Å². The molecule has 2 aromatic carbocycles. The van der Waals surface area contributed by atoms with E-state index in [0.717, 1.165) is 28.0 Å². The average Bonchev–Trinajstić information content (AvgIpc) is 2.94. The number of hydrogen-bond donors (Lipinski definition) is 3. The molecule has 2 heterocycles. The molecular formula is C32H37N5O4. The number of nitrogens with one attached hydrogen (secondary N) is 2. The molecule has 41 heavy (non-hydrogen) atoms. The second-order valence-corrected chi connectivity index (χ2v) is 10.6. The second kappa shape index (κ2) is 12.7. The van der Waals surface area contributed by atoms with Gasteiger partial charge in [-0.05, 0) is 83.0 Å². The van der Waals surface area contributed by atoms with Crippen molar-refractivity contribution in [2.45, 2.75) is 52.4 Å². The molecule has 0 radical (unpaired) electrons. The topological polar surface area (TPSA) is 130 Å². The van der Waals surface area contributed by atoms with Crippen LogP contribution in [-0.4, -0.2) is 35.6 Å². The number of rotatable bonds is 10. The van der Waals surface area contributed by atoms with Gasteiger partial charge in [0.1, 0.15) is 17.1 Å². The molecule has 9 heteroatoms. The highest BCUT2D eigenvalue weighted by molar-refractivity contribution is 6.03. The summed E-state index contributed by atoms with van der Waals surface area (Å²) in [4.78, 5) is 46.9. The number of urea groups is 1. The van der Waals surface area contributed by atoms with Gasteiger partial charge in [0.25, 0.3) is 5.56 Å². The Morgan fingerprint density at radius 2 is 1.71 bits per heavy atom. The molecule has 0 aliphatic rings. The first kappa shape index (κ1) is 29.3. The molecule has 0 spiro atoms. The van der Waals surface area contributed by atoms with E-state index < -0.39 is 17.5 Å². The molecule has 0 saturated heterocycles. The number of nitrogens with two attached hydrogens (primary N) is 1. The molecule has 0 saturated carbocycles. The molecule has 0 atom stereocenters. The number of ether oxygens (including phenoxy) is 1. The molecule has 0 unspecified atom stereocenters. The Morgan fingerprint density at radius 3 is 2.34 bits per heavy atom. The maximum Gasteiger partial charge on any atom is 0.326 e. The van der Waals surface area contributed by atoms with E-state index in [0.29, 0.717) is 23.1 Å². The third-order valence-corrected chi connectivity index (χ3v) is 7.01. The number of aromatic nitrogens is 2. The monoisotopic (exact) mass is 555 g/mol. The predicted octanol–water partition coefficient (Wildman–Crippen LogP) is 6.15. The van der Waals surface area contributed by atoms with Crippen molar-refractivity contribution in [1.82, 2.24) is 9.97 Å². The Morgan fingerprint density at radius 1 is 1.00 bits per heavy atom. The second-order valence-electron chi connectivity index (χ2n) is 10.6. The molecule has 4 aromatic rings. The van der Waals surface area contributed by atoms with Gasteiger partial charge in [-0.25, -0.2) is 9.78 Å². The normalized spacial score (nSPS) is 11.2. The van der Waals surface area contributed by atoms with Crippen molar-refractivity contribution >= 4 is 34.3 Å². The van der Waals surface area contributed by atoms with E-state index in [9.17, 15) is 14.4 Å². The molecular weight excluding hydrogens is 518 g/mol. The summed E-state index contributed by atoms with van der Waals surface area (Å²) in [5, 5.41) is 3.82. The van der Waals surface area contributed by atoms with Crippen LogP contribution < -0.4 is 26.2 Å². The number of nitrogens with zero attached hydrogens (tertiary/aromatic N) is 2. The van der Waals surface area contributed by atoms with Crippen molar-refractivity contribution in [3.63, 3.8) is 0 Å². The summed E-state index contributed by atoms with van der Waals surface area (Å²) in [7, 11) is 1.64. The SMILES string of the molecule is COc1cccc(-c2cc(C(C)C)c(NC(=O)N(CCCC(N)=O)c3cc4cccnc4[nH]c3=O)c(C(C)C)c2)c1. The van der Waals surface area contributed by atoms with Gasteiger partial charge in [-0.2, -0.15) is 0 Å². The third-order valence-electron chi connectivity index (χ3n) is 7.01. The van der Waals surface area contributed by atoms with Gasteiger partial charge >= 0.3 is 6.03 Å².